The van der Waals surface area contributed by atoms with Crippen LogP contribution in [0.15, 0.2) is 23.3 Å². The van der Waals surface area contributed by atoms with Gasteiger partial charge in [0.05, 0.1) is 60.5 Å². The van der Waals surface area contributed by atoms with Crippen molar-refractivity contribution in [2.24, 2.45) is 34.5 Å². The first-order valence-corrected chi connectivity index (χ1v) is 26.4. The molecule has 16 heteroatoms. The number of ketones is 1. The molecule has 0 aromatic carbocycles. The second-order valence-electron chi connectivity index (χ2n) is 22.6. The SMILES string of the molecule is C/C=C(\C)C(=O)O[C@@H]1C[C@H]([C@H]2C[C@H](OC)[C@H](O[C@H]3C[C@H](OC)[C@H](O[C@H]4C[C@H](OC)[C@H](O[C@H]5C[C@@H](OC)[C@H](O)[C@@H](C)O5)[C@@H](C)O4)[C@@H](C)O3)[C@@H](C)O2)CC2=CC[C@@H]3[C@H](CC[C@]4(C)[C@H](C(C)=O)CC[C@]34O)[C@]21C. The molecule has 0 bridgehead atoms. The predicted molar refractivity (Wildman–Crippen MR) is 255 cm³/mol. The smallest absolute Gasteiger partial charge is 0.333 e. The fourth-order valence-corrected chi connectivity index (χ4v) is 14.8. The van der Waals surface area contributed by atoms with Crippen molar-refractivity contribution in [2.45, 2.75) is 243 Å². The van der Waals surface area contributed by atoms with Gasteiger partial charge >= 0.3 is 5.97 Å². The molecule has 8 aliphatic rings. The van der Waals surface area contributed by atoms with Crippen molar-refractivity contribution >= 4 is 11.8 Å². The summed E-state index contributed by atoms with van der Waals surface area (Å²) in [7, 11) is 6.60. The zero-order chi connectivity index (χ0) is 50.6. The van der Waals surface area contributed by atoms with E-state index in [0.29, 0.717) is 50.5 Å². The monoisotopic (exact) mass is 991 g/mol. The van der Waals surface area contributed by atoms with Crippen molar-refractivity contribution in [3.8, 4) is 0 Å². The van der Waals surface area contributed by atoms with Gasteiger partial charge in [-0.05, 0) is 111 Å². The van der Waals surface area contributed by atoms with Gasteiger partial charge in [0.25, 0.3) is 0 Å². The van der Waals surface area contributed by atoms with Crippen LogP contribution >= 0.6 is 0 Å². The van der Waals surface area contributed by atoms with Crippen molar-refractivity contribution in [3.05, 3.63) is 23.3 Å². The van der Waals surface area contributed by atoms with Gasteiger partial charge in [-0.15, -0.1) is 0 Å². The molecule has 8 rings (SSSR count). The topological polar surface area (TPSA) is 185 Å². The van der Waals surface area contributed by atoms with E-state index in [-0.39, 0.29) is 65.9 Å². The molecule has 4 aliphatic carbocycles. The molecule has 7 fully saturated rings. The van der Waals surface area contributed by atoms with Crippen LogP contribution in [0.4, 0.5) is 0 Å². The molecule has 0 spiro atoms. The number of hydrogen-bond acceptors (Lipinski definition) is 16. The third-order valence-electron chi connectivity index (χ3n) is 19.1. The Hall–Kier alpha value is -1.90. The summed E-state index contributed by atoms with van der Waals surface area (Å²) in [6, 6.07) is 0. The summed E-state index contributed by atoms with van der Waals surface area (Å²) in [6.07, 6.45) is 3.32. The average Bonchev–Trinajstić information content (AvgIpc) is 3.62. The fourth-order valence-electron chi connectivity index (χ4n) is 14.8. The Balaban J connectivity index is 0.912. The van der Waals surface area contributed by atoms with Crippen molar-refractivity contribution < 1.29 is 76.6 Å². The zero-order valence-corrected chi connectivity index (χ0v) is 44.2. The Morgan fingerprint density at radius 3 is 1.73 bits per heavy atom. The van der Waals surface area contributed by atoms with Gasteiger partial charge < -0.3 is 67.1 Å². The van der Waals surface area contributed by atoms with Gasteiger partial charge in [-0.1, -0.05) is 31.6 Å². The van der Waals surface area contributed by atoms with Gasteiger partial charge in [0.15, 0.2) is 18.9 Å². The molecule has 24 atom stereocenters. The highest BCUT2D eigenvalue weighted by atomic mass is 16.8. The highest BCUT2D eigenvalue weighted by molar-refractivity contribution is 5.87. The van der Waals surface area contributed by atoms with Gasteiger partial charge in [0.1, 0.15) is 36.3 Å². The second-order valence-corrected chi connectivity index (χ2v) is 22.6. The number of Topliss-reactive ketones (excluding diaryl/α,β-unsaturated/α-hetero) is 1. The molecule has 0 radical (unpaired) electrons. The van der Waals surface area contributed by atoms with Crippen LogP contribution in [0.2, 0.25) is 0 Å². The Morgan fingerprint density at radius 1 is 0.686 bits per heavy atom. The van der Waals surface area contributed by atoms with Crippen molar-refractivity contribution in [3.63, 3.8) is 0 Å². The van der Waals surface area contributed by atoms with E-state index in [1.807, 2.05) is 27.7 Å². The normalized spacial score (nSPS) is 49.8. The fraction of sp³-hybridized carbons (Fsp3) is 0.889. The molecule has 0 unspecified atom stereocenters. The van der Waals surface area contributed by atoms with Gasteiger partial charge in [0, 0.05) is 76.4 Å². The molecule has 4 heterocycles. The van der Waals surface area contributed by atoms with E-state index in [9.17, 15) is 19.8 Å². The van der Waals surface area contributed by atoms with Gasteiger partial charge in [-0.25, -0.2) is 4.79 Å². The number of fused-ring (bicyclic) bond motifs is 5. The molecule has 3 saturated carbocycles. The molecule has 0 aromatic rings. The lowest BCUT2D eigenvalue weighted by Crippen LogP contribution is -2.63. The average molecular weight is 991 g/mol. The highest BCUT2D eigenvalue weighted by Crippen LogP contribution is 2.69. The molecule has 398 valence electrons. The van der Waals surface area contributed by atoms with Crippen LogP contribution in [0.25, 0.3) is 0 Å². The van der Waals surface area contributed by atoms with Gasteiger partial charge in [-0.3, -0.25) is 4.79 Å². The van der Waals surface area contributed by atoms with E-state index in [2.05, 4.69) is 19.9 Å². The first-order valence-electron chi connectivity index (χ1n) is 26.4. The van der Waals surface area contributed by atoms with Crippen LogP contribution < -0.4 is 0 Å². The summed E-state index contributed by atoms with van der Waals surface area (Å²) in [4.78, 5) is 26.6. The minimum Gasteiger partial charge on any atom is -0.458 e. The number of ether oxygens (including phenoxy) is 12. The highest BCUT2D eigenvalue weighted by Gasteiger charge is 2.69. The van der Waals surface area contributed by atoms with Crippen molar-refractivity contribution in [1.82, 2.24) is 0 Å². The Labute approximate surface area is 416 Å². The van der Waals surface area contributed by atoms with Gasteiger partial charge in [-0.2, -0.15) is 0 Å². The number of carbonyl (C=O) groups is 2. The lowest BCUT2D eigenvalue weighted by atomic mass is 9.44. The standard InChI is InChI=1S/C54H86O16/c1-14-27(2)51(57)67-43-22-33(21-34-15-16-37-36(53(34,43)9)17-19-52(8)35(28(3)55)18-20-54(37,52)58)38-23-40(60-11)48(30(5)63-38)69-45-25-42(62-13)50(32(7)65-45)70-46-26-41(61-12)49(31(6)66-46)68-44-24-39(59-10)47(56)29(4)64-44/h14-15,29-33,35-50,56,58H,16-26H2,1-13H3/b27-14+/t29-,30-,31-,32-,33-,35+,36+,37-,38-,39-,40+,41+,42+,43-,44+,45+,46+,47-,48-,49-,50-,52-,53+,54+/m1/s1. The van der Waals surface area contributed by atoms with Crippen LogP contribution in [-0.4, -0.2) is 160 Å². The summed E-state index contributed by atoms with van der Waals surface area (Å²) >= 11 is 0. The van der Waals surface area contributed by atoms with Crippen molar-refractivity contribution in [2.75, 3.05) is 28.4 Å². The summed E-state index contributed by atoms with van der Waals surface area (Å²) in [5.74, 6) is -0.200. The summed E-state index contributed by atoms with van der Waals surface area (Å²) < 4.78 is 76.1. The minimum atomic E-state index is -0.968. The van der Waals surface area contributed by atoms with E-state index < -0.39 is 90.2 Å². The minimum absolute atomic E-state index is 0.0369. The molecule has 0 aromatic heterocycles. The number of carbonyl (C=O) groups excluding carboxylic acids is 2. The van der Waals surface area contributed by atoms with Crippen LogP contribution in [0, 0.1) is 34.5 Å². The zero-order valence-electron chi connectivity index (χ0n) is 44.2. The third-order valence-corrected chi connectivity index (χ3v) is 19.1. The van der Waals surface area contributed by atoms with E-state index in [4.69, 9.17) is 56.8 Å². The number of hydrogen-bond donors (Lipinski definition) is 2. The number of esters is 1. The van der Waals surface area contributed by atoms with Gasteiger partial charge in [0.2, 0.25) is 0 Å². The lowest BCUT2D eigenvalue weighted by Gasteiger charge is -2.62. The van der Waals surface area contributed by atoms with E-state index >= 15 is 0 Å². The largest absolute Gasteiger partial charge is 0.458 e. The Morgan fingerprint density at radius 2 is 1.20 bits per heavy atom. The number of rotatable bonds is 14. The lowest BCUT2D eigenvalue weighted by molar-refractivity contribution is -0.343. The summed E-state index contributed by atoms with van der Waals surface area (Å²) in [5.41, 5.74) is -0.0881. The van der Waals surface area contributed by atoms with Crippen LogP contribution in [-0.2, 0) is 66.4 Å². The van der Waals surface area contributed by atoms with E-state index in [1.165, 1.54) is 5.57 Å². The number of allylic oxidation sites excluding steroid dienone is 2. The Bertz CT molecular complexity index is 1890. The maximum atomic E-state index is 13.7. The van der Waals surface area contributed by atoms with E-state index in [1.54, 1.807) is 55.3 Å². The molecule has 2 N–H and O–H groups in total. The number of aliphatic hydroxyl groups is 2. The molecule has 0 amide bonds. The molecule has 70 heavy (non-hydrogen) atoms. The Kier molecular flexibility index (Phi) is 16.9. The quantitative estimate of drug-likeness (QED) is 0.109. The first kappa shape index (κ1) is 54.4. The van der Waals surface area contributed by atoms with Crippen molar-refractivity contribution in [1.29, 1.82) is 0 Å². The molecular formula is C54H86O16. The maximum absolute atomic E-state index is 13.7. The molecule has 16 nitrogen and oxygen atoms in total. The first-order chi connectivity index (χ1) is 33.2. The second kappa shape index (κ2) is 21.8. The third kappa shape index (κ3) is 9.91. The molecular weight excluding hydrogens is 905 g/mol. The number of methoxy groups -OCH3 is 4. The van der Waals surface area contributed by atoms with Crippen LogP contribution in [0.5, 0.6) is 0 Å². The van der Waals surface area contributed by atoms with Crippen LogP contribution in [0.3, 0.4) is 0 Å². The summed E-state index contributed by atoms with van der Waals surface area (Å²) in [6.45, 7) is 17.4. The number of aliphatic hydroxyl groups excluding tert-OH is 1. The molecule has 4 saturated heterocycles. The predicted octanol–water partition coefficient (Wildman–Crippen LogP) is 6.53. The van der Waals surface area contributed by atoms with Crippen LogP contribution in [0.1, 0.15) is 133 Å². The molecule has 4 aliphatic heterocycles. The summed E-state index contributed by atoms with van der Waals surface area (Å²) in [5, 5.41) is 23.2. The van der Waals surface area contributed by atoms with E-state index in [0.717, 1.165) is 25.7 Å². The maximum Gasteiger partial charge on any atom is 0.333 e.